The van der Waals surface area contributed by atoms with E-state index in [0.29, 0.717) is 10.8 Å². The molecule has 0 saturated heterocycles. The summed E-state index contributed by atoms with van der Waals surface area (Å²) in [4.78, 5) is 9.24. The van der Waals surface area contributed by atoms with Crippen LogP contribution >= 0.6 is 27.5 Å². The van der Waals surface area contributed by atoms with Crippen molar-refractivity contribution in [2.45, 2.75) is 6.54 Å². The van der Waals surface area contributed by atoms with Gasteiger partial charge in [-0.15, -0.1) is 0 Å². The summed E-state index contributed by atoms with van der Waals surface area (Å²) in [5.41, 5.74) is 3.93. The second-order valence-corrected chi connectivity index (χ2v) is 6.92. The average molecular weight is 399 g/mol. The van der Waals surface area contributed by atoms with E-state index < -0.39 is 0 Å². The molecule has 2 aliphatic heterocycles. The molecule has 0 bridgehead atoms. The number of hydrogen-bond acceptors (Lipinski definition) is 2. The van der Waals surface area contributed by atoms with Crippen LogP contribution in [0.15, 0.2) is 71.5 Å². The van der Waals surface area contributed by atoms with Gasteiger partial charge in [0, 0.05) is 34.0 Å². The smallest absolute Gasteiger partial charge is 0.160 e. The number of pyridine rings is 1. The third-order valence-corrected chi connectivity index (χ3v) is 4.55. The van der Waals surface area contributed by atoms with Gasteiger partial charge >= 0.3 is 0 Å². The molecule has 0 saturated carbocycles. The first kappa shape index (κ1) is 15.4. The van der Waals surface area contributed by atoms with Gasteiger partial charge in [-0.25, -0.2) is 9.97 Å². The van der Waals surface area contributed by atoms with Crippen molar-refractivity contribution in [2.75, 3.05) is 0 Å². The summed E-state index contributed by atoms with van der Waals surface area (Å²) < 4.78 is 3.20. The van der Waals surface area contributed by atoms with Crippen molar-refractivity contribution in [2.24, 2.45) is 0 Å². The van der Waals surface area contributed by atoms with Crippen molar-refractivity contribution in [1.29, 1.82) is 0 Å². The molecule has 24 heavy (non-hydrogen) atoms. The number of nitrogens with zero attached hydrogens (tertiary/aromatic N) is 3. The summed E-state index contributed by atoms with van der Waals surface area (Å²) in [6, 6.07) is 17.9. The van der Waals surface area contributed by atoms with E-state index in [9.17, 15) is 0 Å². The molecule has 2 aromatic rings. The van der Waals surface area contributed by atoms with Gasteiger partial charge in [0.2, 0.25) is 0 Å². The maximum Gasteiger partial charge on any atom is 0.160 e. The van der Waals surface area contributed by atoms with E-state index in [0.717, 1.165) is 28.0 Å². The zero-order chi connectivity index (χ0) is 16.5. The first-order valence-electron chi connectivity index (χ1n) is 7.51. The lowest BCUT2D eigenvalue weighted by atomic mass is 10.2. The van der Waals surface area contributed by atoms with Crippen LogP contribution < -0.4 is 0 Å². The minimum absolute atomic E-state index is 0.687. The molecule has 3 nitrogen and oxygen atoms in total. The molecule has 0 spiro atoms. The molecule has 0 amide bonds. The number of halogens is 2. The second kappa shape index (κ2) is 6.38. The SMILES string of the molecule is Clc1cccc(-c2nc3ccn(Cc4ccc(Br)cc4)cc-3n2)c1. The van der Waals surface area contributed by atoms with E-state index in [1.807, 2.05) is 54.9 Å². The van der Waals surface area contributed by atoms with Crippen LogP contribution in [0.4, 0.5) is 0 Å². The van der Waals surface area contributed by atoms with Crippen LogP contribution in [0.5, 0.6) is 0 Å². The maximum absolute atomic E-state index is 6.06. The number of fused-ring (bicyclic) bond motifs is 1. The molecule has 2 aliphatic rings. The predicted molar refractivity (Wildman–Crippen MR) is 100 cm³/mol. The van der Waals surface area contributed by atoms with Crippen LogP contribution in [0.3, 0.4) is 0 Å². The molecule has 0 N–H and O–H groups in total. The summed E-state index contributed by atoms with van der Waals surface area (Å²) in [7, 11) is 0. The van der Waals surface area contributed by atoms with Gasteiger partial charge in [0.1, 0.15) is 5.69 Å². The van der Waals surface area contributed by atoms with E-state index in [1.165, 1.54) is 5.56 Å². The van der Waals surface area contributed by atoms with Crippen molar-refractivity contribution in [3.63, 3.8) is 0 Å². The molecular weight excluding hydrogens is 386 g/mol. The van der Waals surface area contributed by atoms with Crippen LogP contribution in [0.2, 0.25) is 5.02 Å². The molecule has 5 heteroatoms. The van der Waals surface area contributed by atoms with Crippen LogP contribution in [0, 0.1) is 0 Å². The van der Waals surface area contributed by atoms with Gasteiger partial charge in [0.25, 0.3) is 0 Å². The number of hydrogen-bond donors (Lipinski definition) is 0. The molecule has 0 radical (unpaired) electrons. The van der Waals surface area contributed by atoms with Crippen molar-refractivity contribution in [3.05, 3.63) is 82.0 Å². The molecule has 0 unspecified atom stereocenters. The first-order chi connectivity index (χ1) is 11.7. The number of aromatic nitrogens is 3. The third kappa shape index (κ3) is 3.21. The normalized spacial score (nSPS) is 11.1. The van der Waals surface area contributed by atoms with Crippen LogP contribution in [-0.4, -0.2) is 14.5 Å². The van der Waals surface area contributed by atoms with E-state index >= 15 is 0 Å². The van der Waals surface area contributed by atoms with Crippen LogP contribution in [0.25, 0.3) is 22.8 Å². The topological polar surface area (TPSA) is 30.7 Å². The highest BCUT2D eigenvalue weighted by molar-refractivity contribution is 9.10. The van der Waals surface area contributed by atoms with Crippen molar-refractivity contribution >= 4 is 27.5 Å². The lowest BCUT2D eigenvalue weighted by Crippen LogP contribution is -2.00. The van der Waals surface area contributed by atoms with Gasteiger partial charge in [-0.2, -0.15) is 0 Å². The molecule has 0 aromatic heterocycles. The monoisotopic (exact) mass is 397 g/mol. The highest BCUT2D eigenvalue weighted by Crippen LogP contribution is 2.26. The van der Waals surface area contributed by atoms with E-state index in [2.05, 4.69) is 42.6 Å². The van der Waals surface area contributed by atoms with Crippen molar-refractivity contribution < 1.29 is 0 Å². The zero-order valence-electron chi connectivity index (χ0n) is 12.7. The highest BCUT2D eigenvalue weighted by Gasteiger charge is 2.12. The van der Waals surface area contributed by atoms with Gasteiger partial charge < -0.3 is 4.57 Å². The minimum atomic E-state index is 0.687. The molecule has 118 valence electrons. The Morgan fingerprint density at radius 1 is 0.958 bits per heavy atom. The van der Waals surface area contributed by atoms with Gasteiger partial charge in [-0.05, 0) is 35.9 Å². The average Bonchev–Trinajstić information content (AvgIpc) is 3.00. The molecule has 2 aromatic carbocycles. The summed E-state index contributed by atoms with van der Waals surface area (Å²) >= 11 is 9.52. The van der Waals surface area contributed by atoms with E-state index in [4.69, 9.17) is 11.6 Å². The zero-order valence-corrected chi connectivity index (χ0v) is 15.0. The molecule has 4 rings (SSSR count). The standard InChI is InChI=1S/C19H13BrClN3/c20-15-6-4-13(5-7-15)11-24-9-8-17-18(12-24)23-19(22-17)14-2-1-3-16(21)10-14/h1-10,12H,11H2. The van der Waals surface area contributed by atoms with E-state index in [-0.39, 0.29) is 0 Å². The largest absolute Gasteiger partial charge is 0.348 e. The highest BCUT2D eigenvalue weighted by atomic mass is 79.9. The fourth-order valence-electron chi connectivity index (χ4n) is 2.61. The molecule has 0 fully saturated rings. The predicted octanol–water partition coefficient (Wildman–Crippen LogP) is 5.51. The Labute approximate surface area is 153 Å². The summed E-state index contributed by atoms with van der Waals surface area (Å²) in [6.07, 6.45) is 4.05. The maximum atomic E-state index is 6.06. The van der Waals surface area contributed by atoms with E-state index in [1.54, 1.807) is 0 Å². The summed E-state index contributed by atoms with van der Waals surface area (Å²) in [5, 5.41) is 0.687. The van der Waals surface area contributed by atoms with Crippen LogP contribution in [0.1, 0.15) is 5.56 Å². The molecule has 0 aliphatic carbocycles. The Bertz CT molecular complexity index is 963. The Hall–Kier alpha value is -2.17. The lowest BCUT2D eigenvalue weighted by Gasteiger charge is -2.08. The summed E-state index contributed by atoms with van der Waals surface area (Å²) in [5.74, 6) is 0.703. The molecular formula is C19H13BrClN3. The number of benzene rings is 2. The number of rotatable bonds is 3. The minimum Gasteiger partial charge on any atom is -0.348 e. The quantitative estimate of drug-likeness (QED) is 0.455. The van der Waals surface area contributed by atoms with Gasteiger partial charge in [-0.1, -0.05) is 51.8 Å². The Morgan fingerprint density at radius 3 is 2.54 bits per heavy atom. The molecule has 0 atom stereocenters. The second-order valence-electron chi connectivity index (χ2n) is 5.57. The van der Waals surface area contributed by atoms with Gasteiger partial charge in [0.15, 0.2) is 5.82 Å². The fraction of sp³-hybridized carbons (Fsp3) is 0.0526. The lowest BCUT2D eigenvalue weighted by molar-refractivity contribution is 0.789. The third-order valence-electron chi connectivity index (χ3n) is 3.79. The fourth-order valence-corrected chi connectivity index (χ4v) is 3.06. The Balaban J connectivity index is 1.66. The molecule has 2 heterocycles. The van der Waals surface area contributed by atoms with Crippen LogP contribution in [-0.2, 0) is 6.54 Å². The van der Waals surface area contributed by atoms with Gasteiger partial charge in [-0.3, -0.25) is 0 Å². The first-order valence-corrected chi connectivity index (χ1v) is 8.68. The Morgan fingerprint density at radius 2 is 1.75 bits per heavy atom. The van der Waals surface area contributed by atoms with Crippen molar-refractivity contribution in [3.8, 4) is 22.8 Å². The van der Waals surface area contributed by atoms with Gasteiger partial charge in [0.05, 0.1) is 5.69 Å². The van der Waals surface area contributed by atoms with Crippen molar-refractivity contribution in [1.82, 2.24) is 14.5 Å². The number of imidazole rings is 1. The Kier molecular flexibility index (Phi) is 4.08. The summed E-state index contributed by atoms with van der Waals surface area (Å²) in [6.45, 7) is 0.794.